The van der Waals surface area contributed by atoms with Crippen LogP contribution in [-0.2, 0) is 6.54 Å². The lowest BCUT2D eigenvalue weighted by Gasteiger charge is -2.09. The van der Waals surface area contributed by atoms with Gasteiger partial charge in [-0.1, -0.05) is 54.1 Å². The summed E-state index contributed by atoms with van der Waals surface area (Å²) in [5.74, 6) is 1.90. The van der Waals surface area contributed by atoms with Crippen LogP contribution in [0.15, 0.2) is 72.8 Å². The van der Waals surface area contributed by atoms with Gasteiger partial charge in [-0.05, 0) is 73.4 Å². The molecule has 0 fully saturated rings. The van der Waals surface area contributed by atoms with Crippen molar-refractivity contribution in [3.8, 4) is 5.75 Å². The molecule has 0 atom stereocenters. The van der Waals surface area contributed by atoms with Gasteiger partial charge in [-0.2, -0.15) is 0 Å². The highest BCUT2D eigenvalue weighted by Crippen LogP contribution is 2.20. The molecule has 1 heterocycles. The van der Waals surface area contributed by atoms with Crippen molar-refractivity contribution in [1.82, 2.24) is 9.55 Å². The van der Waals surface area contributed by atoms with Crippen molar-refractivity contribution in [2.24, 2.45) is 0 Å². The monoisotopic (exact) mass is 416 g/mol. The average molecular weight is 417 g/mol. The lowest BCUT2D eigenvalue weighted by atomic mass is 10.2. The highest BCUT2D eigenvalue weighted by molar-refractivity contribution is 6.30. The van der Waals surface area contributed by atoms with E-state index in [9.17, 15) is 0 Å². The summed E-state index contributed by atoms with van der Waals surface area (Å²) in [5, 5.41) is 0.743. The molecule has 1 aromatic heterocycles. The van der Waals surface area contributed by atoms with Gasteiger partial charge in [0.2, 0.25) is 0 Å². The topological polar surface area (TPSA) is 27.1 Å². The molecule has 4 rings (SSSR count). The molecule has 0 aliphatic heterocycles. The fourth-order valence-corrected chi connectivity index (χ4v) is 3.59. The first-order valence-electron chi connectivity index (χ1n) is 10.3. The van der Waals surface area contributed by atoms with E-state index in [1.165, 1.54) is 5.56 Å². The van der Waals surface area contributed by atoms with Gasteiger partial charge in [-0.25, -0.2) is 4.98 Å². The summed E-state index contributed by atoms with van der Waals surface area (Å²) in [7, 11) is 0. The van der Waals surface area contributed by atoms with E-state index in [1.54, 1.807) is 0 Å². The largest absolute Gasteiger partial charge is 0.494 e. The molecule has 0 aliphatic carbocycles. The van der Waals surface area contributed by atoms with E-state index in [0.717, 1.165) is 52.6 Å². The van der Waals surface area contributed by atoms with E-state index in [-0.39, 0.29) is 0 Å². The molecular formula is C26H25ClN2O. The predicted molar refractivity (Wildman–Crippen MR) is 126 cm³/mol. The minimum absolute atomic E-state index is 0.714. The minimum atomic E-state index is 0.714. The van der Waals surface area contributed by atoms with Gasteiger partial charge >= 0.3 is 0 Å². The lowest BCUT2D eigenvalue weighted by Crippen LogP contribution is -2.04. The molecule has 0 aliphatic rings. The third kappa shape index (κ3) is 5.11. The Bertz CT molecular complexity index is 1150. The van der Waals surface area contributed by atoms with Crippen molar-refractivity contribution in [2.45, 2.75) is 26.3 Å². The van der Waals surface area contributed by atoms with Crippen LogP contribution in [0.5, 0.6) is 5.75 Å². The Morgan fingerprint density at radius 1 is 0.933 bits per heavy atom. The summed E-state index contributed by atoms with van der Waals surface area (Å²) >= 11 is 5.99. The van der Waals surface area contributed by atoms with Gasteiger partial charge < -0.3 is 9.30 Å². The molecule has 3 aromatic carbocycles. The summed E-state index contributed by atoms with van der Waals surface area (Å²) in [6, 6.07) is 24.3. The molecule has 0 bridgehead atoms. The van der Waals surface area contributed by atoms with Gasteiger partial charge in [0.1, 0.15) is 11.6 Å². The highest BCUT2D eigenvalue weighted by Gasteiger charge is 2.08. The number of hydrogen-bond acceptors (Lipinski definition) is 2. The van der Waals surface area contributed by atoms with Crippen LogP contribution in [0.1, 0.15) is 29.8 Å². The maximum atomic E-state index is 5.99. The smallest absolute Gasteiger partial charge is 0.133 e. The van der Waals surface area contributed by atoms with Crippen molar-refractivity contribution in [2.75, 3.05) is 6.61 Å². The standard InChI is InChI=1S/C26H25ClN2O/c1-20-7-6-8-23(19-20)30-18-5-4-17-29-25-10-3-2-9-24(25)28-26(29)16-13-21-11-14-22(27)15-12-21/h2-3,6-16,19H,4-5,17-18H2,1H3/b16-13+. The second-order valence-electron chi connectivity index (χ2n) is 7.37. The number of nitrogens with zero attached hydrogens (tertiary/aromatic N) is 2. The van der Waals surface area contributed by atoms with Crippen LogP contribution in [0.4, 0.5) is 0 Å². The Kier molecular flexibility index (Phi) is 6.50. The molecular weight excluding hydrogens is 392 g/mol. The van der Waals surface area contributed by atoms with Crippen molar-refractivity contribution < 1.29 is 4.74 Å². The van der Waals surface area contributed by atoms with Crippen molar-refractivity contribution in [1.29, 1.82) is 0 Å². The Morgan fingerprint density at radius 3 is 2.60 bits per heavy atom. The Balaban J connectivity index is 1.43. The number of para-hydroxylation sites is 2. The van der Waals surface area contributed by atoms with E-state index < -0.39 is 0 Å². The number of hydrogen-bond donors (Lipinski definition) is 0. The highest BCUT2D eigenvalue weighted by atomic mass is 35.5. The summed E-state index contributed by atoms with van der Waals surface area (Å²) in [5.41, 5.74) is 4.50. The van der Waals surface area contributed by atoms with Gasteiger partial charge in [0, 0.05) is 11.6 Å². The number of ether oxygens (including phenoxy) is 1. The molecule has 0 amide bonds. The zero-order valence-corrected chi connectivity index (χ0v) is 17.8. The molecule has 0 spiro atoms. The first-order valence-corrected chi connectivity index (χ1v) is 10.7. The summed E-state index contributed by atoms with van der Waals surface area (Å²) in [4.78, 5) is 4.82. The second-order valence-corrected chi connectivity index (χ2v) is 7.80. The van der Waals surface area contributed by atoms with Crippen LogP contribution < -0.4 is 4.74 Å². The van der Waals surface area contributed by atoms with E-state index in [2.05, 4.69) is 54.0 Å². The minimum Gasteiger partial charge on any atom is -0.494 e. The quantitative estimate of drug-likeness (QED) is 0.288. The van der Waals surface area contributed by atoms with Crippen LogP contribution in [0.2, 0.25) is 5.02 Å². The first kappa shape index (κ1) is 20.2. The number of aryl methyl sites for hydroxylation is 2. The van der Waals surface area contributed by atoms with E-state index in [1.807, 2.05) is 42.5 Å². The molecule has 4 heteroatoms. The van der Waals surface area contributed by atoms with E-state index >= 15 is 0 Å². The Morgan fingerprint density at radius 2 is 1.77 bits per heavy atom. The number of rotatable bonds is 8. The maximum absolute atomic E-state index is 5.99. The number of unbranched alkanes of at least 4 members (excludes halogenated alkanes) is 1. The van der Waals surface area contributed by atoms with Gasteiger partial charge in [-0.3, -0.25) is 0 Å². The molecule has 0 radical (unpaired) electrons. The molecule has 0 unspecified atom stereocenters. The Hall–Kier alpha value is -3.04. The molecule has 0 N–H and O–H groups in total. The van der Waals surface area contributed by atoms with Gasteiger partial charge in [-0.15, -0.1) is 0 Å². The van der Waals surface area contributed by atoms with Gasteiger partial charge in [0.25, 0.3) is 0 Å². The molecule has 0 saturated heterocycles. The molecule has 4 aromatic rings. The number of halogens is 1. The normalized spacial score (nSPS) is 11.4. The van der Waals surface area contributed by atoms with Crippen LogP contribution in [0.3, 0.4) is 0 Å². The molecule has 152 valence electrons. The summed E-state index contributed by atoms with van der Waals surface area (Å²) in [6.45, 7) is 3.69. The number of imidazole rings is 1. The van der Waals surface area contributed by atoms with Gasteiger partial charge in [0.15, 0.2) is 0 Å². The van der Waals surface area contributed by atoms with Crippen LogP contribution in [-0.4, -0.2) is 16.2 Å². The van der Waals surface area contributed by atoms with Crippen LogP contribution in [0.25, 0.3) is 23.2 Å². The van der Waals surface area contributed by atoms with E-state index in [0.29, 0.717) is 6.61 Å². The van der Waals surface area contributed by atoms with Crippen molar-refractivity contribution in [3.05, 3.63) is 94.8 Å². The first-order chi connectivity index (χ1) is 14.7. The van der Waals surface area contributed by atoms with Gasteiger partial charge in [0.05, 0.1) is 17.6 Å². The second kappa shape index (κ2) is 9.64. The summed E-state index contributed by atoms with van der Waals surface area (Å²) in [6.07, 6.45) is 6.16. The number of benzene rings is 3. The third-order valence-electron chi connectivity index (χ3n) is 5.01. The van der Waals surface area contributed by atoms with Crippen molar-refractivity contribution >= 4 is 34.8 Å². The van der Waals surface area contributed by atoms with Crippen molar-refractivity contribution in [3.63, 3.8) is 0 Å². The zero-order valence-electron chi connectivity index (χ0n) is 17.1. The molecule has 30 heavy (non-hydrogen) atoms. The number of aromatic nitrogens is 2. The average Bonchev–Trinajstić information content (AvgIpc) is 3.11. The molecule has 0 saturated carbocycles. The van der Waals surface area contributed by atoms with Crippen LogP contribution in [0, 0.1) is 6.92 Å². The zero-order chi connectivity index (χ0) is 20.8. The lowest BCUT2D eigenvalue weighted by molar-refractivity contribution is 0.303. The SMILES string of the molecule is Cc1cccc(OCCCCn2c(/C=C/c3ccc(Cl)cc3)nc3ccccc32)c1. The fourth-order valence-electron chi connectivity index (χ4n) is 3.47. The molecule has 3 nitrogen and oxygen atoms in total. The third-order valence-corrected chi connectivity index (χ3v) is 5.27. The maximum Gasteiger partial charge on any atom is 0.133 e. The van der Waals surface area contributed by atoms with Crippen LogP contribution >= 0.6 is 11.6 Å². The summed E-state index contributed by atoms with van der Waals surface area (Å²) < 4.78 is 8.18. The Labute approximate surface area is 182 Å². The predicted octanol–water partition coefficient (Wildman–Crippen LogP) is 7.03. The fraction of sp³-hybridized carbons (Fsp3) is 0.192. The van der Waals surface area contributed by atoms with E-state index in [4.69, 9.17) is 21.3 Å². The number of fused-ring (bicyclic) bond motifs is 1.